The van der Waals surface area contributed by atoms with Crippen LogP contribution in [0.1, 0.15) is 245 Å². The van der Waals surface area contributed by atoms with Crippen LogP contribution in [0.4, 0.5) is 0 Å². The first kappa shape index (κ1) is 43.9. The number of aliphatic carboxylic acids is 2. The fourth-order valence-corrected chi connectivity index (χ4v) is 7.10. The van der Waals surface area contributed by atoms with Gasteiger partial charge in [0, 0.05) is 6.42 Å². The maximum atomic E-state index is 12.6. The van der Waals surface area contributed by atoms with Crippen molar-refractivity contribution in [3.05, 3.63) is 0 Å². The molecule has 0 aromatic heterocycles. The molecule has 45 heavy (non-hydrogen) atoms. The van der Waals surface area contributed by atoms with Crippen molar-refractivity contribution < 1.29 is 19.8 Å². The normalized spacial score (nSPS) is 11.8. The predicted molar refractivity (Wildman–Crippen MR) is 195 cm³/mol. The van der Waals surface area contributed by atoms with E-state index in [0.29, 0.717) is 19.3 Å². The van der Waals surface area contributed by atoms with E-state index in [1.165, 1.54) is 167 Å². The second kappa shape index (κ2) is 34.3. The summed E-state index contributed by atoms with van der Waals surface area (Å²) < 4.78 is 0. The van der Waals surface area contributed by atoms with Crippen LogP contribution in [-0.2, 0) is 9.59 Å². The molecule has 0 amide bonds. The lowest BCUT2D eigenvalue weighted by Crippen LogP contribution is -2.31. The number of carboxylic acid groups (broad SMARTS) is 2. The summed E-state index contributed by atoms with van der Waals surface area (Å²) in [4.78, 5) is 23.6. The molecule has 0 bridgehead atoms. The highest BCUT2D eigenvalue weighted by atomic mass is 16.4. The second-order valence-corrected chi connectivity index (χ2v) is 14.6. The number of hydrogen-bond donors (Lipinski definition) is 2. The molecule has 0 fully saturated rings. The van der Waals surface area contributed by atoms with Gasteiger partial charge in [0.05, 0.1) is 5.41 Å². The summed E-state index contributed by atoms with van der Waals surface area (Å²) in [5.41, 5.74) is -0.661. The van der Waals surface area contributed by atoms with Crippen molar-refractivity contribution in [2.75, 3.05) is 0 Å². The van der Waals surface area contributed by atoms with Crippen molar-refractivity contribution >= 4 is 11.9 Å². The highest BCUT2D eigenvalue weighted by Gasteiger charge is 2.36. The van der Waals surface area contributed by atoms with Crippen molar-refractivity contribution in [1.29, 1.82) is 0 Å². The summed E-state index contributed by atoms with van der Waals surface area (Å²) in [5, 5.41) is 19.4. The van der Waals surface area contributed by atoms with E-state index in [9.17, 15) is 14.7 Å². The van der Waals surface area contributed by atoms with Gasteiger partial charge in [-0.3, -0.25) is 9.59 Å². The van der Waals surface area contributed by atoms with Gasteiger partial charge in [-0.2, -0.15) is 0 Å². The van der Waals surface area contributed by atoms with Gasteiger partial charge in [-0.15, -0.1) is 0 Å². The molecule has 268 valence electrons. The third kappa shape index (κ3) is 30.0. The van der Waals surface area contributed by atoms with E-state index < -0.39 is 17.4 Å². The van der Waals surface area contributed by atoms with Crippen molar-refractivity contribution in [1.82, 2.24) is 0 Å². The third-order valence-corrected chi connectivity index (χ3v) is 10.3. The van der Waals surface area contributed by atoms with Gasteiger partial charge in [-0.05, 0) is 25.7 Å². The summed E-state index contributed by atoms with van der Waals surface area (Å²) >= 11 is 0. The second-order valence-electron chi connectivity index (χ2n) is 14.6. The third-order valence-electron chi connectivity index (χ3n) is 10.3. The first-order valence-corrected chi connectivity index (χ1v) is 20.4. The van der Waals surface area contributed by atoms with E-state index in [1.807, 2.05) is 0 Å². The Morgan fingerprint density at radius 2 is 0.578 bits per heavy atom. The molecule has 4 nitrogen and oxygen atoms in total. The predicted octanol–water partition coefficient (Wildman–Crippen LogP) is 14.2. The van der Waals surface area contributed by atoms with Gasteiger partial charge in [-0.1, -0.05) is 213 Å². The number of carboxylic acids is 2. The minimum Gasteiger partial charge on any atom is -0.481 e. The number of rotatable bonds is 38. The average molecular weight is 637 g/mol. The van der Waals surface area contributed by atoms with E-state index in [0.717, 1.165) is 38.5 Å². The van der Waals surface area contributed by atoms with Crippen molar-refractivity contribution in [2.24, 2.45) is 5.41 Å². The maximum absolute atomic E-state index is 12.6. The molecule has 4 heteroatoms. The molecule has 0 aliphatic carbocycles. The van der Waals surface area contributed by atoms with Crippen molar-refractivity contribution in [3.8, 4) is 0 Å². The van der Waals surface area contributed by atoms with Gasteiger partial charge in [0.25, 0.3) is 0 Å². The Kier molecular flexibility index (Phi) is 33.5. The van der Waals surface area contributed by atoms with Gasteiger partial charge >= 0.3 is 11.9 Å². The Morgan fingerprint density at radius 1 is 0.356 bits per heavy atom. The molecule has 0 heterocycles. The summed E-state index contributed by atoms with van der Waals surface area (Å²) in [6.45, 7) is 4.55. The molecule has 0 aromatic rings. The summed E-state index contributed by atoms with van der Waals surface area (Å²) in [6, 6.07) is 0. The molecule has 0 saturated carbocycles. The number of hydrogen-bond acceptors (Lipinski definition) is 2. The first-order valence-electron chi connectivity index (χ1n) is 20.4. The monoisotopic (exact) mass is 637 g/mol. The Bertz CT molecular complexity index is 597. The first-order chi connectivity index (χ1) is 22.0. The fourth-order valence-electron chi connectivity index (χ4n) is 7.10. The topological polar surface area (TPSA) is 74.6 Å². The zero-order chi connectivity index (χ0) is 33.1. The molecule has 2 N–H and O–H groups in total. The van der Waals surface area contributed by atoms with Gasteiger partial charge in [-0.25, -0.2) is 0 Å². The molecule has 0 atom stereocenters. The van der Waals surface area contributed by atoms with E-state index in [1.54, 1.807) is 0 Å². The lowest BCUT2D eigenvalue weighted by Gasteiger charge is -2.30. The number of unbranched alkanes of at least 4 members (excludes halogenated alkanes) is 29. The fraction of sp³-hybridized carbons (Fsp3) is 0.951. The quantitative estimate of drug-likeness (QED) is 0.0661. The van der Waals surface area contributed by atoms with Crippen molar-refractivity contribution in [3.63, 3.8) is 0 Å². The zero-order valence-corrected chi connectivity index (χ0v) is 30.7. The maximum Gasteiger partial charge on any atom is 0.309 e. The highest BCUT2D eigenvalue weighted by molar-refractivity contribution is 5.74. The molecule has 0 unspecified atom stereocenters. The SMILES string of the molecule is CCCCCCCCCCCCCCCCCC(CCCCCCCCCCCCCCCCC)(CCCCC(=O)O)C(=O)O. The van der Waals surface area contributed by atoms with Gasteiger partial charge < -0.3 is 10.2 Å². The minimum absolute atomic E-state index is 0.146. The zero-order valence-electron chi connectivity index (χ0n) is 30.7. The molecule has 0 aromatic carbocycles. The largest absolute Gasteiger partial charge is 0.481 e. The van der Waals surface area contributed by atoms with Gasteiger partial charge in [0.1, 0.15) is 0 Å². The van der Waals surface area contributed by atoms with Crippen LogP contribution in [0.25, 0.3) is 0 Å². The molecule has 0 aliphatic rings. The minimum atomic E-state index is -0.777. The van der Waals surface area contributed by atoms with Crippen LogP contribution in [0.15, 0.2) is 0 Å². The van der Waals surface area contributed by atoms with E-state index in [4.69, 9.17) is 5.11 Å². The highest BCUT2D eigenvalue weighted by Crippen LogP contribution is 2.38. The number of carbonyl (C=O) groups is 2. The molecule has 0 radical (unpaired) electrons. The molecular formula is C41H80O4. The van der Waals surface area contributed by atoms with Crippen LogP contribution in [0, 0.1) is 5.41 Å². The summed E-state index contributed by atoms with van der Waals surface area (Å²) in [6.07, 6.45) is 43.1. The Hall–Kier alpha value is -1.06. The van der Waals surface area contributed by atoms with Crippen LogP contribution in [0.2, 0.25) is 0 Å². The lowest BCUT2D eigenvalue weighted by molar-refractivity contribution is -0.150. The standard InChI is InChI=1S/C41H80O4/c1-3-5-7-9-11-13-15-17-19-21-23-25-27-29-32-36-41(40(44)45,38-34-31-35-39(42)43)37-33-30-28-26-24-22-20-18-16-14-12-10-8-6-4-2/h3-38H2,1-2H3,(H,42,43)(H,44,45). The van der Waals surface area contributed by atoms with Crippen LogP contribution >= 0.6 is 0 Å². The molecular weight excluding hydrogens is 556 g/mol. The Balaban J connectivity index is 4.13. The van der Waals surface area contributed by atoms with Crippen molar-refractivity contribution in [2.45, 2.75) is 245 Å². The van der Waals surface area contributed by atoms with Crippen LogP contribution in [0.5, 0.6) is 0 Å². The van der Waals surface area contributed by atoms with Gasteiger partial charge in [0.2, 0.25) is 0 Å². The lowest BCUT2D eigenvalue weighted by atomic mass is 9.74. The molecule has 0 rings (SSSR count). The molecule has 0 saturated heterocycles. The molecule has 0 spiro atoms. The smallest absolute Gasteiger partial charge is 0.309 e. The van der Waals surface area contributed by atoms with E-state index >= 15 is 0 Å². The van der Waals surface area contributed by atoms with E-state index in [2.05, 4.69) is 13.8 Å². The van der Waals surface area contributed by atoms with Crippen LogP contribution in [0.3, 0.4) is 0 Å². The summed E-state index contributed by atoms with van der Waals surface area (Å²) in [7, 11) is 0. The van der Waals surface area contributed by atoms with Crippen LogP contribution in [-0.4, -0.2) is 22.2 Å². The van der Waals surface area contributed by atoms with Gasteiger partial charge in [0.15, 0.2) is 0 Å². The Labute approximate surface area is 281 Å². The Morgan fingerprint density at radius 3 is 0.800 bits per heavy atom. The molecule has 0 aliphatic heterocycles. The van der Waals surface area contributed by atoms with E-state index in [-0.39, 0.29) is 6.42 Å². The average Bonchev–Trinajstić information content (AvgIpc) is 3.02. The summed E-state index contributed by atoms with van der Waals surface area (Å²) in [5.74, 6) is -1.42. The van der Waals surface area contributed by atoms with Crippen LogP contribution < -0.4 is 0 Å².